The molecule has 0 aliphatic carbocycles. The van der Waals surface area contributed by atoms with Gasteiger partial charge in [0.25, 0.3) is 0 Å². The molecule has 1 saturated heterocycles. The van der Waals surface area contributed by atoms with Crippen molar-refractivity contribution >= 4 is 18.3 Å². The molecule has 1 aliphatic heterocycles. The molecule has 0 saturated carbocycles. The number of amides is 1. The second-order valence-electron chi connectivity index (χ2n) is 4.88. The third kappa shape index (κ3) is 4.78. The van der Waals surface area contributed by atoms with E-state index in [4.69, 9.17) is 4.74 Å². The van der Waals surface area contributed by atoms with Crippen LogP contribution in [-0.4, -0.2) is 32.1 Å². The molecule has 112 valence electrons. The molecular formula is C15H23ClN2O2. The Kier molecular flexibility index (Phi) is 7.59. The first-order valence-electron chi connectivity index (χ1n) is 6.90. The van der Waals surface area contributed by atoms with Crippen molar-refractivity contribution in [3.8, 4) is 0 Å². The van der Waals surface area contributed by atoms with Gasteiger partial charge in [-0.1, -0.05) is 36.8 Å². The molecule has 1 aromatic carbocycles. The number of nitrogens with one attached hydrogen (secondary N) is 2. The van der Waals surface area contributed by atoms with Crippen LogP contribution >= 0.6 is 12.4 Å². The molecule has 0 spiro atoms. The number of ether oxygens (including phenoxy) is 1. The lowest BCUT2D eigenvalue weighted by molar-refractivity contribution is -0.124. The molecular weight excluding hydrogens is 276 g/mol. The quantitative estimate of drug-likeness (QED) is 0.875. The van der Waals surface area contributed by atoms with Crippen LogP contribution in [-0.2, 0) is 9.53 Å². The number of piperidine rings is 1. The fourth-order valence-corrected chi connectivity index (χ4v) is 2.40. The van der Waals surface area contributed by atoms with E-state index >= 15 is 0 Å². The molecule has 1 heterocycles. The van der Waals surface area contributed by atoms with Gasteiger partial charge in [0.2, 0.25) is 5.91 Å². The molecule has 1 aromatic rings. The van der Waals surface area contributed by atoms with Gasteiger partial charge in [0.15, 0.2) is 0 Å². The summed E-state index contributed by atoms with van der Waals surface area (Å²) in [5, 5.41) is 6.22. The molecule has 2 atom stereocenters. The van der Waals surface area contributed by atoms with E-state index in [1.807, 2.05) is 30.3 Å². The number of rotatable bonds is 5. The number of carbonyl (C=O) groups is 1. The average Bonchev–Trinajstić information content (AvgIpc) is 2.49. The smallest absolute Gasteiger partial charge is 0.237 e. The molecule has 1 aliphatic rings. The zero-order chi connectivity index (χ0) is 13.5. The number of halogens is 1. The molecule has 0 bridgehead atoms. The van der Waals surface area contributed by atoms with E-state index in [0.717, 1.165) is 31.4 Å². The number of hydrogen-bond acceptors (Lipinski definition) is 3. The van der Waals surface area contributed by atoms with Crippen molar-refractivity contribution in [1.29, 1.82) is 0 Å². The first-order valence-corrected chi connectivity index (χ1v) is 6.90. The number of benzene rings is 1. The predicted octanol–water partition coefficient (Wildman–Crippen LogP) is 2.05. The van der Waals surface area contributed by atoms with Crippen LogP contribution in [0.3, 0.4) is 0 Å². The molecule has 0 aromatic heterocycles. The standard InChI is InChI=1S/C15H22N2O2.ClH/c1-19-14(12-7-3-2-4-8-12)11-17-15(18)13-9-5-6-10-16-13;/h2-4,7-8,13-14,16H,5-6,9-11H2,1H3,(H,17,18);1H. The Morgan fingerprint density at radius 2 is 2.15 bits per heavy atom. The number of hydrogen-bond donors (Lipinski definition) is 2. The molecule has 1 fully saturated rings. The fourth-order valence-electron chi connectivity index (χ4n) is 2.40. The van der Waals surface area contributed by atoms with Crippen LogP contribution in [0.5, 0.6) is 0 Å². The van der Waals surface area contributed by atoms with E-state index in [-0.39, 0.29) is 30.5 Å². The Morgan fingerprint density at radius 1 is 1.40 bits per heavy atom. The van der Waals surface area contributed by atoms with Gasteiger partial charge in [-0.3, -0.25) is 4.79 Å². The van der Waals surface area contributed by atoms with E-state index in [1.165, 1.54) is 0 Å². The van der Waals surface area contributed by atoms with Crippen molar-refractivity contribution in [3.05, 3.63) is 35.9 Å². The highest BCUT2D eigenvalue weighted by Gasteiger charge is 2.21. The summed E-state index contributed by atoms with van der Waals surface area (Å²) in [7, 11) is 1.67. The van der Waals surface area contributed by atoms with E-state index in [2.05, 4.69) is 10.6 Å². The van der Waals surface area contributed by atoms with Gasteiger partial charge in [0.1, 0.15) is 0 Å². The van der Waals surface area contributed by atoms with Crippen LogP contribution in [0.1, 0.15) is 30.9 Å². The van der Waals surface area contributed by atoms with Crippen LogP contribution in [0, 0.1) is 0 Å². The molecule has 2 rings (SSSR count). The average molecular weight is 299 g/mol. The van der Waals surface area contributed by atoms with E-state index < -0.39 is 0 Å². The molecule has 2 N–H and O–H groups in total. The molecule has 20 heavy (non-hydrogen) atoms. The van der Waals surface area contributed by atoms with Gasteiger partial charge in [0.05, 0.1) is 12.1 Å². The van der Waals surface area contributed by atoms with Crippen LogP contribution in [0.4, 0.5) is 0 Å². The maximum Gasteiger partial charge on any atom is 0.237 e. The predicted molar refractivity (Wildman–Crippen MR) is 82.1 cm³/mol. The number of carbonyl (C=O) groups excluding carboxylic acids is 1. The zero-order valence-corrected chi connectivity index (χ0v) is 12.6. The van der Waals surface area contributed by atoms with Crippen LogP contribution in [0.25, 0.3) is 0 Å². The molecule has 1 amide bonds. The Balaban J connectivity index is 0.00000200. The molecule has 0 radical (unpaired) electrons. The highest BCUT2D eigenvalue weighted by Crippen LogP contribution is 2.15. The van der Waals surface area contributed by atoms with Crippen molar-refractivity contribution in [1.82, 2.24) is 10.6 Å². The molecule has 4 nitrogen and oxygen atoms in total. The van der Waals surface area contributed by atoms with E-state index in [1.54, 1.807) is 7.11 Å². The lowest BCUT2D eigenvalue weighted by Crippen LogP contribution is -2.47. The highest BCUT2D eigenvalue weighted by atomic mass is 35.5. The van der Waals surface area contributed by atoms with E-state index in [9.17, 15) is 4.79 Å². The Hall–Kier alpha value is -1.10. The van der Waals surface area contributed by atoms with Crippen molar-refractivity contribution in [2.24, 2.45) is 0 Å². The SMILES string of the molecule is COC(CNC(=O)C1CCCCN1)c1ccccc1.Cl. The fraction of sp³-hybridized carbons (Fsp3) is 0.533. The topological polar surface area (TPSA) is 50.4 Å². The molecule has 5 heteroatoms. The normalized spacial score (nSPS) is 19.8. The third-order valence-corrected chi connectivity index (χ3v) is 3.54. The second kappa shape index (κ2) is 8.95. The summed E-state index contributed by atoms with van der Waals surface area (Å²) in [5.74, 6) is 0.0812. The lowest BCUT2D eigenvalue weighted by atomic mass is 10.0. The van der Waals surface area contributed by atoms with Crippen molar-refractivity contribution in [2.45, 2.75) is 31.4 Å². The summed E-state index contributed by atoms with van der Waals surface area (Å²) < 4.78 is 5.44. The minimum Gasteiger partial charge on any atom is -0.375 e. The second-order valence-corrected chi connectivity index (χ2v) is 4.88. The highest BCUT2D eigenvalue weighted by molar-refractivity contribution is 5.85. The maximum absolute atomic E-state index is 12.0. The lowest BCUT2D eigenvalue weighted by Gasteiger charge is -2.24. The van der Waals surface area contributed by atoms with Gasteiger partial charge >= 0.3 is 0 Å². The van der Waals surface area contributed by atoms with Gasteiger partial charge in [0, 0.05) is 13.7 Å². The summed E-state index contributed by atoms with van der Waals surface area (Å²) in [6.07, 6.45) is 3.12. The van der Waals surface area contributed by atoms with Gasteiger partial charge in [-0.15, -0.1) is 12.4 Å². The summed E-state index contributed by atoms with van der Waals surface area (Å²) in [5.41, 5.74) is 1.09. The summed E-state index contributed by atoms with van der Waals surface area (Å²) in [4.78, 5) is 12.0. The van der Waals surface area contributed by atoms with Gasteiger partial charge in [-0.2, -0.15) is 0 Å². The largest absolute Gasteiger partial charge is 0.375 e. The van der Waals surface area contributed by atoms with Crippen molar-refractivity contribution in [2.75, 3.05) is 20.2 Å². The minimum atomic E-state index is -0.0891. The van der Waals surface area contributed by atoms with Gasteiger partial charge < -0.3 is 15.4 Å². The van der Waals surface area contributed by atoms with Crippen LogP contribution < -0.4 is 10.6 Å². The molecule has 2 unspecified atom stereocenters. The minimum absolute atomic E-state index is 0. The Bertz CT molecular complexity index is 394. The monoisotopic (exact) mass is 298 g/mol. The van der Waals surface area contributed by atoms with Crippen molar-refractivity contribution in [3.63, 3.8) is 0 Å². The first kappa shape index (κ1) is 17.0. The third-order valence-electron chi connectivity index (χ3n) is 3.54. The maximum atomic E-state index is 12.0. The zero-order valence-electron chi connectivity index (χ0n) is 11.8. The van der Waals surface area contributed by atoms with Gasteiger partial charge in [-0.25, -0.2) is 0 Å². The van der Waals surface area contributed by atoms with E-state index in [0.29, 0.717) is 6.54 Å². The Morgan fingerprint density at radius 3 is 2.75 bits per heavy atom. The number of methoxy groups -OCH3 is 1. The van der Waals surface area contributed by atoms with Crippen LogP contribution in [0.2, 0.25) is 0 Å². The van der Waals surface area contributed by atoms with Crippen molar-refractivity contribution < 1.29 is 9.53 Å². The Labute approximate surface area is 126 Å². The van der Waals surface area contributed by atoms with Crippen LogP contribution in [0.15, 0.2) is 30.3 Å². The first-order chi connectivity index (χ1) is 9.31. The summed E-state index contributed by atoms with van der Waals surface area (Å²) in [6, 6.07) is 9.92. The van der Waals surface area contributed by atoms with Gasteiger partial charge in [-0.05, 0) is 24.9 Å². The summed E-state index contributed by atoms with van der Waals surface area (Å²) in [6.45, 7) is 1.45. The summed E-state index contributed by atoms with van der Waals surface area (Å²) >= 11 is 0.